The van der Waals surface area contributed by atoms with Crippen LogP contribution in [0.15, 0.2) is 0 Å². The molecule has 0 spiro atoms. The van der Waals surface area contributed by atoms with E-state index in [-0.39, 0.29) is 0 Å². The normalized spacial score (nSPS) is 15.4. The Bertz CT molecular complexity index is 277. The summed E-state index contributed by atoms with van der Waals surface area (Å²) < 4.78 is 0. The molecule has 0 saturated carbocycles. The maximum Gasteiger partial charge on any atom is 0.0256 e. The van der Waals surface area contributed by atoms with E-state index in [4.69, 9.17) is 0 Å². The fourth-order valence-corrected chi connectivity index (χ4v) is 4.09. The summed E-state index contributed by atoms with van der Waals surface area (Å²) in [6.07, 6.45) is 26.1. The molecule has 0 aromatic rings. The summed E-state index contributed by atoms with van der Waals surface area (Å²) in [4.78, 5) is 0. The highest BCUT2D eigenvalue weighted by Gasteiger charge is 2.07. The molecular weight excluding hydrogens is 330 g/mol. The van der Waals surface area contributed by atoms with Crippen molar-refractivity contribution in [1.29, 1.82) is 0 Å². The number of piperazine rings is 1. The molecule has 1 aliphatic heterocycles. The minimum Gasteiger partial charge on any atom is -0.314 e. The second kappa shape index (κ2) is 20.6. The summed E-state index contributed by atoms with van der Waals surface area (Å²) >= 11 is 0. The van der Waals surface area contributed by atoms with Gasteiger partial charge in [-0.3, -0.25) is 5.43 Å². The van der Waals surface area contributed by atoms with Crippen molar-refractivity contribution in [2.24, 2.45) is 0 Å². The van der Waals surface area contributed by atoms with Crippen molar-refractivity contribution in [2.45, 2.75) is 122 Å². The van der Waals surface area contributed by atoms with Crippen LogP contribution in [0.4, 0.5) is 0 Å². The number of rotatable bonds is 20. The highest BCUT2D eigenvalue weighted by Crippen LogP contribution is 2.14. The van der Waals surface area contributed by atoms with Crippen LogP contribution in [0.25, 0.3) is 0 Å². The Balaban J connectivity index is 1.64. The van der Waals surface area contributed by atoms with Gasteiger partial charge in [0.15, 0.2) is 0 Å². The molecule has 0 radical (unpaired) electrons. The zero-order valence-corrected chi connectivity index (χ0v) is 18.7. The van der Waals surface area contributed by atoms with Crippen LogP contribution in [0.2, 0.25) is 0 Å². The van der Waals surface area contributed by atoms with Gasteiger partial charge in [-0.05, 0) is 6.42 Å². The number of unbranched alkanes of at least 4 members (excludes halogenated alkanes) is 17. The first-order valence-corrected chi connectivity index (χ1v) is 12.6. The molecule has 0 amide bonds. The summed E-state index contributed by atoms with van der Waals surface area (Å²) in [5.41, 5.74) is 3.57. The Hall–Kier alpha value is -0.120. The van der Waals surface area contributed by atoms with Gasteiger partial charge in [0.2, 0.25) is 0 Å². The van der Waals surface area contributed by atoms with Crippen LogP contribution in [-0.2, 0) is 0 Å². The topological polar surface area (TPSA) is 27.3 Å². The average molecular weight is 382 g/mol. The number of nitrogens with zero attached hydrogens (tertiary/aromatic N) is 1. The van der Waals surface area contributed by atoms with E-state index >= 15 is 0 Å². The van der Waals surface area contributed by atoms with Crippen molar-refractivity contribution < 1.29 is 0 Å². The average Bonchev–Trinajstić information content (AvgIpc) is 2.70. The molecule has 0 atom stereocenters. The molecular formula is C24H51N3. The predicted molar refractivity (Wildman–Crippen MR) is 121 cm³/mol. The summed E-state index contributed by atoms with van der Waals surface area (Å²) in [5, 5.41) is 5.77. The first kappa shape index (κ1) is 24.9. The largest absolute Gasteiger partial charge is 0.314 e. The first-order valence-electron chi connectivity index (χ1n) is 12.6. The lowest BCUT2D eigenvalue weighted by atomic mass is 10.0. The fraction of sp³-hybridized carbons (Fsp3) is 1.00. The Morgan fingerprint density at radius 1 is 0.556 bits per heavy atom. The third-order valence-electron chi connectivity index (χ3n) is 5.98. The molecule has 1 aliphatic rings. The van der Waals surface area contributed by atoms with Crippen LogP contribution < -0.4 is 10.7 Å². The minimum absolute atomic E-state index is 1.13. The van der Waals surface area contributed by atoms with E-state index in [0.717, 1.165) is 26.2 Å². The van der Waals surface area contributed by atoms with Gasteiger partial charge in [-0.25, -0.2) is 5.01 Å². The maximum absolute atomic E-state index is 3.57. The van der Waals surface area contributed by atoms with Crippen LogP contribution in [0.3, 0.4) is 0 Å². The molecule has 0 unspecified atom stereocenters. The van der Waals surface area contributed by atoms with Gasteiger partial charge in [0.1, 0.15) is 0 Å². The second-order valence-electron chi connectivity index (χ2n) is 8.66. The minimum atomic E-state index is 1.13. The predicted octanol–water partition coefficient (Wildman–Crippen LogP) is 6.44. The van der Waals surface area contributed by atoms with Crippen molar-refractivity contribution in [1.82, 2.24) is 15.8 Å². The van der Waals surface area contributed by atoms with Crippen molar-refractivity contribution in [3.8, 4) is 0 Å². The Morgan fingerprint density at radius 2 is 0.926 bits per heavy atom. The molecule has 3 heteroatoms. The van der Waals surface area contributed by atoms with Crippen LogP contribution in [0.1, 0.15) is 122 Å². The first-order chi connectivity index (χ1) is 13.4. The van der Waals surface area contributed by atoms with Gasteiger partial charge < -0.3 is 5.32 Å². The number of nitrogens with one attached hydrogen (secondary N) is 2. The highest BCUT2D eigenvalue weighted by molar-refractivity contribution is 4.63. The lowest BCUT2D eigenvalue weighted by Gasteiger charge is -2.27. The SMILES string of the molecule is CCCCCCCCCCCCCCCCCCCCNN1CCNCC1. The molecule has 3 nitrogen and oxygen atoms in total. The van der Waals surface area contributed by atoms with Crippen LogP contribution in [0, 0.1) is 0 Å². The third kappa shape index (κ3) is 17.7. The van der Waals surface area contributed by atoms with Gasteiger partial charge in [0.25, 0.3) is 0 Å². The van der Waals surface area contributed by atoms with Gasteiger partial charge in [0, 0.05) is 32.7 Å². The van der Waals surface area contributed by atoms with Gasteiger partial charge in [-0.1, -0.05) is 116 Å². The number of hydrogen-bond donors (Lipinski definition) is 2. The summed E-state index contributed by atoms with van der Waals surface area (Å²) in [7, 11) is 0. The maximum atomic E-state index is 3.57. The third-order valence-corrected chi connectivity index (χ3v) is 5.98. The molecule has 1 fully saturated rings. The van der Waals surface area contributed by atoms with Gasteiger partial charge in [-0.15, -0.1) is 0 Å². The monoisotopic (exact) mass is 381 g/mol. The molecule has 0 aromatic heterocycles. The molecule has 0 aliphatic carbocycles. The van der Waals surface area contributed by atoms with Crippen molar-refractivity contribution in [3.63, 3.8) is 0 Å². The van der Waals surface area contributed by atoms with Crippen LogP contribution in [0.5, 0.6) is 0 Å². The highest BCUT2D eigenvalue weighted by atomic mass is 15.5. The molecule has 0 bridgehead atoms. The molecule has 1 rings (SSSR count). The lowest BCUT2D eigenvalue weighted by molar-refractivity contribution is 0.163. The van der Waals surface area contributed by atoms with E-state index in [1.165, 1.54) is 122 Å². The standard InChI is InChI=1S/C24H51N3/c1-2-3-4-5-6-7-8-9-10-11-12-13-14-15-16-17-18-19-20-26-27-23-21-25-22-24-27/h25-26H,2-24H2,1H3. The van der Waals surface area contributed by atoms with Crippen molar-refractivity contribution in [2.75, 3.05) is 32.7 Å². The molecule has 0 aromatic carbocycles. The second-order valence-corrected chi connectivity index (χ2v) is 8.66. The summed E-state index contributed by atoms with van der Waals surface area (Å²) in [5.74, 6) is 0. The number of hydrazine groups is 1. The molecule has 162 valence electrons. The van der Waals surface area contributed by atoms with E-state index in [1.807, 2.05) is 0 Å². The summed E-state index contributed by atoms with van der Waals surface area (Å²) in [6, 6.07) is 0. The van der Waals surface area contributed by atoms with E-state index in [0.29, 0.717) is 0 Å². The van der Waals surface area contributed by atoms with E-state index in [1.54, 1.807) is 0 Å². The molecule has 27 heavy (non-hydrogen) atoms. The zero-order valence-electron chi connectivity index (χ0n) is 18.7. The fourth-order valence-electron chi connectivity index (χ4n) is 4.09. The molecule has 1 heterocycles. The quantitative estimate of drug-likeness (QED) is 0.238. The lowest BCUT2D eigenvalue weighted by Crippen LogP contribution is -2.50. The Labute approximate surface area is 171 Å². The Kier molecular flexibility index (Phi) is 19.0. The van der Waals surface area contributed by atoms with E-state index in [9.17, 15) is 0 Å². The van der Waals surface area contributed by atoms with E-state index < -0.39 is 0 Å². The summed E-state index contributed by atoms with van der Waals surface area (Å²) in [6.45, 7) is 8.03. The van der Waals surface area contributed by atoms with Gasteiger partial charge >= 0.3 is 0 Å². The Morgan fingerprint density at radius 3 is 1.33 bits per heavy atom. The molecule has 2 N–H and O–H groups in total. The zero-order chi connectivity index (χ0) is 19.3. The van der Waals surface area contributed by atoms with Crippen molar-refractivity contribution in [3.05, 3.63) is 0 Å². The number of hydrogen-bond acceptors (Lipinski definition) is 3. The van der Waals surface area contributed by atoms with Crippen LogP contribution >= 0.6 is 0 Å². The smallest absolute Gasteiger partial charge is 0.0256 e. The van der Waals surface area contributed by atoms with Gasteiger partial charge in [0.05, 0.1) is 0 Å². The van der Waals surface area contributed by atoms with E-state index in [2.05, 4.69) is 22.7 Å². The molecule has 1 saturated heterocycles. The van der Waals surface area contributed by atoms with Gasteiger partial charge in [-0.2, -0.15) is 0 Å². The van der Waals surface area contributed by atoms with Crippen LogP contribution in [-0.4, -0.2) is 37.7 Å². The van der Waals surface area contributed by atoms with Crippen molar-refractivity contribution >= 4 is 0 Å².